The van der Waals surface area contributed by atoms with E-state index in [2.05, 4.69) is 0 Å². The van der Waals surface area contributed by atoms with Gasteiger partial charge in [-0.1, -0.05) is 34.6 Å². The number of carbonyl (C=O) groups excluding carboxylic acids is 1. The van der Waals surface area contributed by atoms with Crippen molar-refractivity contribution in [3.05, 3.63) is 11.8 Å². The molecular formula is C14H26O2. The van der Waals surface area contributed by atoms with Crippen molar-refractivity contribution >= 4 is 5.78 Å². The molecule has 2 heteroatoms. The van der Waals surface area contributed by atoms with E-state index in [1.807, 2.05) is 34.6 Å². The molecule has 1 N–H and O–H groups in total. The predicted octanol–water partition coefficient (Wildman–Crippen LogP) is 4.12. The topological polar surface area (TPSA) is 37.3 Å². The van der Waals surface area contributed by atoms with Crippen LogP contribution in [0.5, 0.6) is 0 Å². The number of allylic oxidation sites excluding steroid dienone is 2. The highest BCUT2D eigenvalue weighted by molar-refractivity contribution is 5.92. The average Bonchev–Trinajstić information content (AvgIpc) is 2.19. The van der Waals surface area contributed by atoms with Crippen LogP contribution in [0.15, 0.2) is 11.8 Å². The van der Waals surface area contributed by atoms with Crippen LogP contribution in [0.4, 0.5) is 0 Å². The SMILES string of the molecule is CCC(CC)C(O)=CC(=O)C(CC)C(C)C. The maximum absolute atomic E-state index is 11.9. The molecule has 0 aromatic carbocycles. The Balaban J connectivity index is 4.67. The highest BCUT2D eigenvalue weighted by Crippen LogP contribution is 2.20. The summed E-state index contributed by atoms with van der Waals surface area (Å²) in [5.41, 5.74) is 0. The van der Waals surface area contributed by atoms with Gasteiger partial charge >= 0.3 is 0 Å². The smallest absolute Gasteiger partial charge is 0.162 e. The van der Waals surface area contributed by atoms with Crippen molar-refractivity contribution in [2.75, 3.05) is 0 Å². The Morgan fingerprint density at radius 1 is 1.12 bits per heavy atom. The van der Waals surface area contributed by atoms with Gasteiger partial charge < -0.3 is 5.11 Å². The Hall–Kier alpha value is -0.790. The fourth-order valence-electron chi connectivity index (χ4n) is 2.08. The van der Waals surface area contributed by atoms with Crippen LogP contribution >= 0.6 is 0 Å². The molecule has 1 unspecified atom stereocenters. The third-order valence-corrected chi connectivity index (χ3v) is 3.30. The first-order valence-corrected chi connectivity index (χ1v) is 6.42. The first kappa shape index (κ1) is 15.2. The van der Waals surface area contributed by atoms with E-state index in [1.54, 1.807) is 0 Å². The Morgan fingerprint density at radius 3 is 1.94 bits per heavy atom. The summed E-state index contributed by atoms with van der Waals surface area (Å²) in [6.45, 7) is 10.2. The van der Waals surface area contributed by atoms with E-state index in [4.69, 9.17) is 0 Å². The molecule has 0 fully saturated rings. The van der Waals surface area contributed by atoms with Crippen molar-refractivity contribution in [3.63, 3.8) is 0 Å². The summed E-state index contributed by atoms with van der Waals surface area (Å²) in [6.07, 6.45) is 4.05. The minimum absolute atomic E-state index is 0.0384. The highest BCUT2D eigenvalue weighted by Gasteiger charge is 2.20. The predicted molar refractivity (Wildman–Crippen MR) is 68.4 cm³/mol. The van der Waals surface area contributed by atoms with E-state index < -0.39 is 0 Å². The van der Waals surface area contributed by atoms with Gasteiger partial charge in [-0.25, -0.2) is 0 Å². The third-order valence-electron chi connectivity index (χ3n) is 3.30. The molecule has 0 saturated carbocycles. The van der Waals surface area contributed by atoms with Gasteiger partial charge in [-0.3, -0.25) is 4.79 Å². The fourth-order valence-corrected chi connectivity index (χ4v) is 2.08. The Kier molecular flexibility index (Phi) is 7.11. The quantitative estimate of drug-likeness (QED) is 0.524. The Morgan fingerprint density at radius 2 is 1.62 bits per heavy atom. The molecule has 1 atom stereocenters. The van der Waals surface area contributed by atoms with Crippen molar-refractivity contribution in [1.29, 1.82) is 0 Å². The van der Waals surface area contributed by atoms with E-state index in [-0.39, 0.29) is 23.4 Å². The molecule has 0 amide bonds. The molecule has 0 radical (unpaired) electrons. The van der Waals surface area contributed by atoms with Gasteiger partial charge in [0.15, 0.2) is 5.78 Å². The minimum atomic E-state index is 0.0384. The molecule has 0 aromatic heterocycles. The first-order valence-electron chi connectivity index (χ1n) is 6.42. The molecule has 2 nitrogen and oxygen atoms in total. The number of hydrogen-bond donors (Lipinski definition) is 1. The Bertz CT molecular complexity index is 237. The standard InChI is InChI=1S/C14H26O2/c1-6-11(7-2)13(15)9-14(16)12(8-3)10(4)5/h9-12,15H,6-8H2,1-5H3. The van der Waals surface area contributed by atoms with Crippen LogP contribution in [0, 0.1) is 17.8 Å². The monoisotopic (exact) mass is 226 g/mol. The van der Waals surface area contributed by atoms with Crippen molar-refractivity contribution in [2.24, 2.45) is 17.8 Å². The molecule has 0 heterocycles. The number of carbonyl (C=O) groups is 1. The number of aliphatic hydroxyl groups excluding tert-OH is 1. The van der Waals surface area contributed by atoms with Gasteiger partial charge in [0, 0.05) is 17.9 Å². The fraction of sp³-hybridized carbons (Fsp3) is 0.786. The van der Waals surface area contributed by atoms with Gasteiger partial charge in [-0.2, -0.15) is 0 Å². The second-order valence-electron chi connectivity index (χ2n) is 4.74. The molecule has 0 aliphatic carbocycles. The molecule has 0 spiro atoms. The molecule has 0 saturated heterocycles. The molecule has 0 rings (SSSR count). The van der Waals surface area contributed by atoms with Crippen molar-refractivity contribution < 1.29 is 9.90 Å². The van der Waals surface area contributed by atoms with Crippen LogP contribution < -0.4 is 0 Å². The average molecular weight is 226 g/mol. The van der Waals surface area contributed by atoms with Crippen LogP contribution in [0.3, 0.4) is 0 Å². The zero-order valence-electron chi connectivity index (χ0n) is 11.3. The molecule has 0 bridgehead atoms. The Labute approximate surface area is 99.7 Å². The van der Waals surface area contributed by atoms with Crippen LogP contribution in [0.25, 0.3) is 0 Å². The largest absolute Gasteiger partial charge is 0.512 e. The molecule has 0 aliphatic heterocycles. The number of aliphatic hydroxyl groups is 1. The lowest BCUT2D eigenvalue weighted by Gasteiger charge is -2.17. The first-order chi connectivity index (χ1) is 7.47. The lowest BCUT2D eigenvalue weighted by Crippen LogP contribution is -2.18. The lowest BCUT2D eigenvalue weighted by molar-refractivity contribution is -0.119. The van der Waals surface area contributed by atoms with E-state index in [0.717, 1.165) is 19.3 Å². The van der Waals surface area contributed by atoms with Crippen molar-refractivity contribution in [1.82, 2.24) is 0 Å². The van der Waals surface area contributed by atoms with E-state index in [1.165, 1.54) is 6.08 Å². The second kappa shape index (κ2) is 7.48. The van der Waals surface area contributed by atoms with Gasteiger partial charge in [-0.15, -0.1) is 0 Å². The van der Waals surface area contributed by atoms with Crippen molar-refractivity contribution in [3.8, 4) is 0 Å². The summed E-state index contributed by atoms with van der Waals surface area (Å²) >= 11 is 0. The van der Waals surface area contributed by atoms with Gasteiger partial charge in [0.05, 0.1) is 5.76 Å². The van der Waals surface area contributed by atoms with E-state index in [9.17, 15) is 9.90 Å². The molecule has 0 aliphatic rings. The summed E-state index contributed by atoms with van der Waals surface area (Å²) in [6, 6.07) is 0. The molecule has 0 aromatic rings. The van der Waals surface area contributed by atoms with Gasteiger partial charge in [0.2, 0.25) is 0 Å². The second-order valence-corrected chi connectivity index (χ2v) is 4.74. The summed E-state index contributed by atoms with van der Waals surface area (Å²) in [4.78, 5) is 11.9. The maximum Gasteiger partial charge on any atom is 0.162 e. The van der Waals surface area contributed by atoms with Crippen LogP contribution in [-0.4, -0.2) is 10.9 Å². The number of ketones is 1. The zero-order valence-corrected chi connectivity index (χ0v) is 11.3. The molecule has 16 heavy (non-hydrogen) atoms. The van der Waals surface area contributed by atoms with Crippen molar-refractivity contribution in [2.45, 2.75) is 53.9 Å². The number of rotatable bonds is 7. The summed E-state index contributed by atoms with van der Waals surface area (Å²) in [5.74, 6) is 0.837. The van der Waals surface area contributed by atoms with E-state index >= 15 is 0 Å². The number of hydrogen-bond acceptors (Lipinski definition) is 2. The van der Waals surface area contributed by atoms with Gasteiger partial charge in [0.1, 0.15) is 0 Å². The van der Waals surface area contributed by atoms with Crippen LogP contribution in [0.1, 0.15) is 53.9 Å². The zero-order chi connectivity index (χ0) is 12.7. The third kappa shape index (κ3) is 4.38. The molecular weight excluding hydrogens is 200 g/mol. The summed E-state index contributed by atoms with van der Waals surface area (Å²) in [5, 5.41) is 9.85. The summed E-state index contributed by atoms with van der Waals surface area (Å²) in [7, 11) is 0. The summed E-state index contributed by atoms with van der Waals surface area (Å²) < 4.78 is 0. The highest BCUT2D eigenvalue weighted by atomic mass is 16.3. The normalized spacial score (nSPS) is 14.6. The lowest BCUT2D eigenvalue weighted by atomic mass is 9.88. The maximum atomic E-state index is 11.9. The minimum Gasteiger partial charge on any atom is -0.512 e. The van der Waals surface area contributed by atoms with Gasteiger partial charge in [0.25, 0.3) is 0 Å². The van der Waals surface area contributed by atoms with Crippen LogP contribution in [-0.2, 0) is 4.79 Å². The van der Waals surface area contributed by atoms with Gasteiger partial charge in [-0.05, 0) is 25.2 Å². The molecule has 94 valence electrons. The van der Waals surface area contributed by atoms with Crippen LogP contribution in [0.2, 0.25) is 0 Å². The van der Waals surface area contributed by atoms with E-state index in [0.29, 0.717) is 5.92 Å².